The van der Waals surface area contributed by atoms with Crippen molar-refractivity contribution in [3.8, 4) is 0 Å². The minimum absolute atomic E-state index is 0.243. The number of rotatable bonds is 5. The number of aliphatic hydroxyl groups is 1. The molecule has 4 heteroatoms. The molecule has 0 aromatic carbocycles. The van der Waals surface area contributed by atoms with Gasteiger partial charge in [-0.15, -0.1) is 11.3 Å². The normalized spacial score (nSPS) is 11.1. The Morgan fingerprint density at radius 2 is 2.07 bits per heavy atom. The third-order valence-electron chi connectivity index (χ3n) is 2.44. The quantitative estimate of drug-likeness (QED) is 0.840. The molecular weight excluding hydrogens is 208 g/mol. The molecular formula is C11H20N2OS. The molecule has 0 unspecified atom stereocenters. The highest BCUT2D eigenvalue weighted by molar-refractivity contribution is 7.15. The molecule has 1 rings (SSSR count). The van der Waals surface area contributed by atoms with Crippen LogP contribution in [0, 0.1) is 13.8 Å². The lowest BCUT2D eigenvalue weighted by Crippen LogP contribution is -2.32. The van der Waals surface area contributed by atoms with Gasteiger partial charge < -0.3 is 10.0 Å². The molecule has 1 heterocycles. The van der Waals surface area contributed by atoms with Crippen LogP contribution in [0.5, 0.6) is 0 Å². The minimum Gasteiger partial charge on any atom is -0.396 e. The van der Waals surface area contributed by atoms with Crippen LogP contribution >= 0.6 is 11.3 Å². The summed E-state index contributed by atoms with van der Waals surface area (Å²) in [5, 5.41) is 9.94. The second-order valence-corrected chi connectivity index (χ2v) is 5.18. The molecule has 15 heavy (non-hydrogen) atoms. The van der Waals surface area contributed by atoms with Crippen LogP contribution in [-0.2, 0) is 0 Å². The standard InChI is InChI=1S/C11H20N2OS/c1-8(2)13(6-5-7-14)11-12-9(3)10(4)15-11/h8,14H,5-7H2,1-4H3. The van der Waals surface area contributed by atoms with Crippen LogP contribution in [0.15, 0.2) is 0 Å². The molecule has 0 aliphatic carbocycles. The van der Waals surface area contributed by atoms with E-state index in [2.05, 4.69) is 30.7 Å². The molecule has 3 nitrogen and oxygen atoms in total. The van der Waals surface area contributed by atoms with E-state index in [0.717, 1.165) is 23.8 Å². The summed E-state index contributed by atoms with van der Waals surface area (Å²) in [6.07, 6.45) is 0.801. The highest BCUT2D eigenvalue weighted by Gasteiger charge is 2.14. The number of aliphatic hydroxyl groups excluding tert-OH is 1. The molecule has 0 aliphatic heterocycles. The van der Waals surface area contributed by atoms with Gasteiger partial charge in [-0.1, -0.05) is 0 Å². The van der Waals surface area contributed by atoms with Crippen molar-refractivity contribution in [2.24, 2.45) is 0 Å². The lowest BCUT2D eigenvalue weighted by molar-refractivity contribution is 0.288. The molecule has 0 radical (unpaired) electrons. The van der Waals surface area contributed by atoms with Gasteiger partial charge in [0.15, 0.2) is 5.13 Å². The molecule has 0 amide bonds. The highest BCUT2D eigenvalue weighted by atomic mass is 32.1. The number of thiazole rings is 1. The zero-order valence-electron chi connectivity index (χ0n) is 9.95. The first-order valence-corrected chi connectivity index (χ1v) is 6.19. The van der Waals surface area contributed by atoms with Crippen LogP contribution in [0.4, 0.5) is 5.13 Å². The van der Waals surface area contributed by atoms with Crippen molar-refractivity contribution in [3.05, 3.63) is 10.6 Å². The van der Waals surface area contributed by atoms with Crippen molar-refractivity contribution < 1.29 is 5.11 Å². The van der Waals surface area contributed by atoms with Gasteiger partial charge in [0, 0.05) is 24.1 Å². The van der Waals surface area contributed by atoms with Crippen LogP contribution in [-0.4, -0.2) is 29.3 Å². The maximum atomic E-state index is 8.86. The van der Waals surface area contributed by atoms with E-state index in [-0.39, 0.29) is 6.61 Å². The molecule has 86 valence electrons. The van der Waals surface area contributed by atoms with Crippen LogP contribution in [0.1, 0.15) is 30.8 Å². The van der Waals surface area contributed by atoms with Crippen molar-refractivity contribution in [3.63, 3.8) is 0 Å². The first-order valence-electron chi connectivity index (χ1n) is 5.37. The van der Waals surface area contributed by atoms with Gasteiger partial charge >= 0.3 is 0 Å². The molecule has 0 saturated heterocycles. The summed E-state index contributed by atoms with van der Waals surface area (Å²) in [5.74, 6) is 0. The summed E-state index contributed by atoms with van der Waals surface area (Å²) in [6, 6.07) is 0.432. The van der Waals surface area contributed by atoms with Crippen LogP contribution in [0.2, 0.25) is 0 Å². The Morgan fingerprint density at radius 3 is 2.47 bits per heavy atom. The molecule has 0 spiro atoms. The summed E-state index contributed by atoms with van der Waals surface area (Å²) in [6.45, 7) is 9.57. The predicted octanol–water partition coefficient (Wildman–Crippen LogP) is 2.36. The zero-order chi connectivity index (χ0) is 11.4. The van der Waals surface area contributed by atoms with Crippen molar-refractivity contribution in [1.29, 1.82) is 0 Å². The number of nitrogens with zero attached hydrogens (tertiary/aromatic N) is 2. The monoisotopic (exact) mass is 228 g/mol. The summed E-state index contributed by atoms with van der Waals surface area (Å²) < 4.78 is 0. The van der Waals surface area contributed by atoms with Gasteiger partial charge in [0.2, 0.25) is 0 Å². The summed E-state index contributed by atoms with van der Waals surface area (Å²) in [7, 11) is 0. The average molecular weight is 228 g/mol. The lowest BCUT2D eigenvalue weighted by atomic mass is 10.3. The maximum absolute atomic E-state index is 8.86. The van der Waals surface area contributed by atoms with E-state index >= 15 is 0 Å². The van der Waals surface area contributed by atoms with Gasteiger partial charge in [-0.25, -0.2) is 4.98 Å². The average Bonchev–Trinajstić information content (AvgIpc) is 2.47. The Balaban J connectivity index is 2.79. The van der Waals surface area contributed by atoms with Crippen LogP contribution < -0.4 is 4.90 Å². The third kappa shape index (κ3) is 3.18. The summed E-state index contributed by atoms with van der Waals surface area (Å²) in [4.78, 5) is 8.08. The largest absolute Gasteiger partial charge is 0.396 e. The van der Waals surface area contributed by atoms with Gasteiger partial charge in [-0.2, -0.15) is 0 Å². The number of anilines is 1. The number of hydrogen-bond acceptors (Lipinski definition) is 4. The van der Waals surface area contributed by atoms with Crippen molar-refractivity contribution in [2.75, 3.05) is 18.1 Å². The van der Waals surface area contributed by atoms with Crippen LogP contribution in [0.3, 0.4) is 0 Å². The Hall–Kier alpha value is -0.610. The minimum atomic E-state index is 0.243. The number of hydrogen-bond donors (Lipinski definition) is 1. The summed E-state index contributed by atoms with van der Waals surface area (Å²) in [5.41, 5.74) is 1.12. The molecule has 0 aliphatic rings. The molecule has 0 bridgehead atoms. The molecule has 1 aromatic heterocycles. The van der Waals surface area contributed by atoms with Crippen molar-refractivity contribution >= 4 is 16.5 Å². The fourth-order valence-corrected chi connectivity index (χ4v) is 2.46. The van der Waals surface area contributed by atoms with Gasteiger partial charge in [0.1, 0.15) is 0 Å². The SMILES string of the molecule is Cc1nc(N(CCCO)C(C)C)sc1C. The third-order valence-corrected chi connectivity index (χ3v) is 3.55. The molecule has 0 fully saturated rings. The first kappa shape index (κ1) is 12.5. The Morgan fingerprint density at radius 1 is 1.40 bits per heavy atom. The molecule has 1 aromatic rings. The van der Waals surface area contributed by atoms with Gasteiger partial charge in [-0.3, -0.25) is 0 Å². The topological polar surface area (TPSA) is 36.4 Å². The number of aryl methyl sites for hydroxylation is 2. The lowest BCUT2D eigenvalue weighted by Gasteiger charge is -2.25. The zero-order valence-corrected chi connectivity index (χ0v) is 10.8. The second kappa shape index (κ2) is 5.47. The van der Waals surface area contributed by atoms with E-state index in [1.54, 1.807) is 11.3 Å². The van der Waals surface area contributed by atoms with E-state index in [0.29, 0.717) is 6.04 Å². The predicted molar refractivity (Wildman–Crippen MR) is 65.8 cm³/mol. The first-order chi connectivity index (χ1) is 7.06. The fraction of sp³-hybridized carbons (Fsp3) is 0.727. The van der Waals surface area contributed by atoms with Gasteiger partial charge in [0.05, 0.1) is 5.69 Å². The van der Waals surface area contributed by atoms with E-state index in [4.69, 9.17) is 5.11 Å². The Labute approximate surface area is 95.8 Å². The Bertz CT molecular complexity index is 290. The summed E-state index contributed by atoms with van der Waals surface area (Å²) >= 11 is 1.73. The smallest absolute Gasteiger partial charge is 0.185 e. The van der Waals surface area contributed by atoms with E-state index in [1.807, 2.05) is 6.92 Å². The fourth-order valence-electron chi connectivity index (χ4n) is 1.39. The molecule has 0 saturated carbocycles. The van der Waals surface area contributed by atoms with Crippen LogP contribution in [0.25, 0.3) is 0 Å². The number of aromatic nitrogens is 1. The van der Waals surface area contributed by atoms with E-state index < -0.39 is 0 Å². The van der Waals surface area contributed by atoms with Crippen molar-refractivity contribution in [1.82, 2.24) is 4.98 Å². The van der Waals surface area contributed by atoms with Gasteiger partial charge in [0.25, 0.3) is 0 Å². The van der Waals surface area contributed by atoms with E-state index in [9.17, 15) is 0 Å². The maximum Gasteiger partial charge on any atom is 0.185 e. The molecule has 1 N–H and O–H groups in total. The second-order valence-electron chi connectivity index (χ2n) is 4.00. The molecule has 0 atom stereocenters. The van der Waals surface area contributed by atoms with Gasteiger partial charge in [-0.05, 0) is 34.1 Å². The highest BCUT2D eigenvalue weighted by Crippen LogP contribution is 2.26. The Kier molecular flexibility index (Phi) is 4.54. The van der Waals surface area contributed by atoms with E-state index in [1.165, 1.54) is 4.88 Å². The van der Waals surface area contributed by atoms with Crippen molar-refractivity contribution in [2.45, 2.75) is 40.2 Å².